The van der Waals surface area contributed by atoms with Crippen LogP contribution in [0.15, 0.2) is 35.7 Å². The Labute approximate surface area is 115 Å². The first-order chi connectivity index (χ1) is 9.11. The molecule has 1 aromatic heterocycles. The largest absolute Gasteiger partial charge is 0.397 e. The lowest BCUT2D eigenvalue weighted by Gasteiger charge is -2.16. The summed E-state index contributed by atoms with van der Waals surface area (Å²) in [5, 5.41) is 10.6. The average molecular weight is 271 g/mol. The first-order valence-electron chi connectivity index (χ1n) is 5.69. The van der Waals surface area contributed by atoms with Gasteiger partial charge < -0.3 is 10.6 Å². The van der Waals surface area contributed by atoms with Crippen LogP contribution in [0.1, 0.15) is 20.8 Å². The number of benzene rings is 1. The smallest absolute Gasteiger partial charge is 0.266 e. The van der Waals surface area contributed by atoms with Gasteiger partial charge in [0.1, 0.15) is 4.88 Å². The Morgan fingerprint density at radius 2 is 2.26 bits per heavy atom. The Morgan fingerprint density at radius 1 is 1.47 bits per heavy atom. The normalized spacial score (nSPS) is 9.89. The summed E-state index contributed by atoms with van der Waals surface area (Å²) in [7, 11) is 1.72. The molecule has 0 bridgehead atoms. The van der Waals surface area contributed by atoms with Crippen molar-refractivity contribution in [2.24, 2.45) is 0 Å². The Bertz CT molecular complexity index is 642. The monoisotopic (exact) mass is 271 g/mol. The van der Waals surface area contributed by atoms with Gasteiger partial charge in [-0.2, -0.15) is 5.26 Å². The molecule has 2 rings (SSSR count). The lowest BCUT2D eigenvalue weighted by Crippen LogP contribution is -2.26. The fourth-order valence-electron chi connectivity index (χ4n) is 1.75. The summed E-state index contributed by atoms with van der Waals surface area (Å²) in [6.45, 7) is 0.450. The highest BCUT2D eigenvalue weighted by atomic mass is 32.1. The number of hydrogen-bond acceptors (Lipinski definition) is 4. The summed E-state index contributed by atoms with van der Waals surface area (Å²) >= 11 is 1.34. The summed E-state index contributed by atoms with van der Waals surface area (Å²) in [6.07, 6.45) is 0. The van der Waals surface area contributed by atoms with E-state index in [0.717, 1.165) is 5.56 Å². The van der Waals surface area contributed by atoms with Gasteiger partial charge in [-0.25, -0.2) is 0 Å². The van der Waals surface area contributed by atoms with E-state index in [9.17, 15) is 4.79 Å². The fourth-order valence-corrected chi connectivity index (χ4v) is 2.56. The van der Waals surface area contributed by atoms with E-state index < -0.39 is 0 Å². The zero-order chi connectivity index (χ0) is 13.8. The second-order valence-corrected chi connectivity index (χ2v) is 5.09. The Morgan fingerprint density at radius 3 is 2.89 bits per heavy atom. The molecule has 0 unspecified atom stereocenters. The zero-order valence-electron chi connectivity index (χ0n) is 10.5. The van der Waals surface area contributed by atoms with Gasteiger partial charge in [-0.15, -0.1) is 11.3 Å². The maximum Gasteiger partial charge on any atom is 0.266 e. The van der Waals surface area contributed by atoms with Crippen LogP contribution in [0, 0.1) is 11.3 Å². The van der Waals surface area contributed by atoms with Crippen molar-refractivity contribution in [1.29, 1.82) is 5.26 Å². The molecule has 2 N–H and O–H groups in total. The highest BCUT2D eigenvalue weighted by molar-refractivity contribution is 7.12. The van der Waals surface area contributed by atoms with Gasteiger partial charge in [0.25, 0.3) is 5.91 Å². The van der Waals surface area contributed by atoms with E-state index >= 15 is 0 Å². The molecule has 0 fully saturated rings. The number of thiophene rings is 1. The molecule has 5 heteroatoms. The van der Waals surface area contributed by atoms with Crippen molar-refractivity contribution in [3.8, 4) is 6.07 Å². The molecule has 0 spiro atoms. The lowest BCUT2D eigenvalue weighted by atomic mass is 10.1. The van der Waals surface area contributed by atoms with Crippen LogP contribution in [0.25, 0.3) is 0 Å². The van der Waals surface area contributed by atoms with Gasteiger partial charge in [0.05, 0.1) is 17.3 Å². The zero-order valence-corrected chi connectivity index (χ0v) is 11.3. The third-order valence-corrected chi connectivity index (χ3v) is 3.63. The van der Waals surface area contributed by atoms with Crippen molar-refractivity contribution in [3.63, 3.8) is 0 Å². The van der Waals surface area contributed by atoms with E-state index in [-0.39, 0.29) is 5.91 Å². The lowest BCUT2D eigenvalue weighted by molar-refractivity contribution is 0.0791. The predicted molar refractivity (Wildman–Crippen MR) is 75.7 cm³/mol. The molecular weight excluding hydrogens is 258 g/mol. The first kappa shape index (κ1) is 13.1. The van der Waals surface area contributed by atoms with Gasteiger partial charge in [0.15, 0.2) is 0 Å². The van der Waals surface area contributed by atoms with E-state index in [2.05, 4.69) is 6.07 Å². The van der Waals surface area contributed by atoms with Gasteiger partial charge in [-0.05, 0) is 29.1 Å². The van der Waals surface area contributed by atoms with Crippen LogP contribution < -0.4 is 5.73 Å². The summed E-state index contributed by atoms with van der Waals surface area (Å²) in [6, 6.07) is 11.0. The summed E-state index contributed by atoms with van der Waals surface area (Å²) in [4.78, 5) is 14.3. The average Bonchev–Trinajstić information content (AvgIpc) is 2.84. The van der Waals surface area contributed by atoms with E-state index in [0.29, 0.717) is 22.7 Å². The van der Waals surface area contributed by atoms with Crippen molar-refractivity contribution >= 4 is 22.9 Å². The number of nitriles is 1. The van der Waals surface area contributed by atoms with Crippen LogP contribution >= 0.6 is 11.3 Å². The molecule has 4 nitrogen and oxygen atoms in total. The van der Waals surface area contributed by atoms with Gasteiger partial charge in [0.2, 0.25) is 0 Å². The third-order valence-electron chi connectivity index (χ3n) is 2.71. The molecule has 19 heavy (non-hydrogen) atoms. The first-order valence-corrected chi connectivity index (χ1v) is 6.57. The number of rotatable bonds is 3. The van der Waals surface area contributed by atoms with Crippen molar-refractivity contribution < 1.29 is 4.79 Å². The SMILES string of the molecule is CN(Cc1cccc(C#N)c1)C(=O)c1sccc1N. The second kappa shape index (κ2) is 5.55. The molecule has 0 aliphatic rings. The number of anilines is 1. The number of nitrogens with two attached hydrogens (primary N) is 1. The molecule has 0 aliphatic carbocycles. The van der Waals surface area contributed by atoms with Crippen molar-refractivity contribution in [2.45, 2.75) is 6.54 Å². The Kier molecular flexibility index (Phi) is 3.83. The molecule has 96 valence electrons. The van der Waals surface area contributed by atoms with E-state index in [1.165, 1.54) is 11.3 Å². The predicted octanol–water partition coefficient (Wildman–Crippen LogP) is 2.47. The van der Waals surface area contributed by atoms with Gasteiger partial charge >= 0.3 is 0 Å². The summed E-state index contributed by atoms with van der Waals surface area (Å²) < 4.78 is 0. The highest BCUT2D eigenvalue weighted by Gasteiger charge is 2.16. The highest BCUT2D eigenvalue weighted by Crippen LogP contribution is 2.21. The number of carbonyl (C=O) groups is 1. The van der Waals surface area contributed by atoms with Crippen molar-refractivity contribution in [2.75, 3.05) is 12.8 Å². The summed E-state index contributed by atoms with van der Waals surface area (Å²) in [5.74, 6) is -0.102. The number of amides is 1. The van der Waals surface area contributed by atoms with Crippen LogP contribution in [-0.4, -0.2) is 17.9 Å². The number of hydrogen-bond donors (Lipinski definition) is 1. The molecular formula is C14H13N3OS. The Balaban J connectivity index is 2.13. The molecule has 1 amide bonds. The van der Waals surface area contributed by atoms with E-state index in [4.69, 9.17) is 11.0 Å². The standard InChI is InChI=1S/C14H13N3OS/c1-17(14(18)13-12(16)5-6-19-13)9-11-4-2-3-10(7-11)8-15/h2-7H,9,16H2,1H3. The van der Waals surface area contributed by atoms with Crippen molar-refractivity contribution in [1.82, 2.24) is 4.90 Å². The minimum atomic E-state index is -0.102. The molecule has 0 radical (unpaired) electrons. The molecule has 0 saturated carbocycles. The maximum atomic E-state index is 12.2. The third kappa shape index (κ3) is 2.92. The Hall–Kier alpha value is -2.32. The fraction of sp³-hybridized carbons (Fsp3) is 0.143. The number of nitrogen functional groups attached to an aromatic ring is 1. The van der Waals surface area contributed by atoms with Crippen LogP contribution in [0.5, 0.6) is 0 Å². The summed E-state index contributed by atoms with van der Waals surface area (Å²) in [5.41, 5.74) is 7.76. The van der Waals surface area contributed by atoms with E-state index in [1.807, 2.05) is 12.1 Å². The van der Waals surface area contributed by atoms with Crippen LogP contribution in [0.3, 0.4) is 0 Å². The van der Waals surface area contributed by atoms with Crippen LogP contribution in [0.2, 0.25) is 0 Å². The molecule has 2 aromatic rings. The minimum absolute atomic E-state index is 0.102. The number of nitrogens with zero attached hydrogens (tertiary/aromatic N) is 2. The van der Waals surface area contributed by atoms with Gasteiger partial charge in [0, 0.05) is 13.6 Å². The van der Waals surface area contributed by atoms with E-state index in [1.54, 1.807) is 35.5 Å². The number of carbonyl (C=O) groups excluding carboxylic acids is 1. The van der Waals surface area contributed by atoms with Crippen molar-refractivity contribution in [3.05, 3.63) is 51.7 Å². The molecule has 0 saturated heterocycles. The van der Waals surface area contributed by atoms with Gasteiger partial charge in [-0.3, -0.25) is 4.79 Å². The quantitative estimate of drug-likeness (QED) is 0.932. The molecule has 1 aromatic carbocycles. The van der Waals surface area contributed by atoms with Gasteiger partial charge in [-0.1, -0.05) is 12.1 Å². The maximum absolute atomic E-state index is 12.2. The topological polar surface area (TPSA) is 70.1 Å². The molecule has 0 atom stereocenters. The van der Waals surface area contributed by atoms with Crippen LogP contribution in [-0.2, 0) is 6.54 Å². The molecule has 0 aliphatic heterocycles. The second-order valence-electron chi connectivity index (χ2n) is 4.18. The minimum Gasteiger partial charge on any atom is -0.397 e. The van der Waals surface area contributed by atoms with Crippen LogP contribution in [0.4, 0.5) is 5.69 Å². The molecule has 1 heterocycles.